The Morgan fingerprint density at radius 1 is 1.32 bits per heavy atom. The number of rotatable bonds is 3. The molecule has 0 spiro atoms. The van der Waals surface area contributed by atoms with Gasteiger partial charge in [-0.3, -0.25) is 0 Å². The minimum atomic E-state index is -0.924. The summed E-state index contributed by atoms with van der Waals surface area (Å²) in [5.41, 5.74) is 0.0912. The van der Waals surface area contributed by atoms with Crippen LogP contribution in [0.5, 0.6) is 5.75 Å². The van der Waals surface area contributed by atoms with Gasteiger partial charge in [0.1, 0.15) is 5.75 Å². The van der Waals surface area contributed by atoms with E-state index in [2.05, 4.69) is 23.5 Å². The number of ether oxygens (including phenoxy) is 1. The maximum atomic E-state index is 12.5. The second-order valence-corrected chi connectivity index (χ2v) is 7.37. The van der Waals surface area contributed by atoms with Crippen LogP contribution in [-0.2, 0) is 0 Å². The van der Waals surface area contributed by atoms with E-state index in [4.69, 9.17) is 4.74 Å². The fourth-order valence-electron chi connectivity index (χ4n) is 3.37. The summed E-state index contributed by atoms with van der Waals surface area (Å²) >= 11 is 0. The monoisotopic (exact) mass is 342 g/mol. The number of benzene rings is 2. The van der Waals surface area contributed by atoms with E-state index in [1.165, 1.54) is 4.90 Å². The first-order chi connectivity index (χ1) is 11.8. The summed E-state index contributed by atoms with van der Waals surface area (Å²) in [5.74, 6) is 0.867. The summed E-state index contributed by atoms with van der Waals surface area (Å²) in [5, 5.41) is 15.2. The molecule has 5 heteroatoms. The molecule has 2 aromatic rings. The number of carbonyl (C=O) groups is 1. The van der Waals surface area contributed by atoms with E-state index in [0.717, 1.165) is 34.9 Å². The Balaban J connectivity index is 1.86. The second kappa shape index (κ2) is 6.92. The van der Waals surface area contributed by atoms with Gasteiger partial charge in [-0.1, -0.05) is 36.4 Å². The van der Waals surface area contributed by atoms with E-state index >= 15 is 0 Å². The number of hydrogen-bond acceptors (Lipinski definition) is 3. The molecule has 0 saturated carbocycles. The van der Waals surface area contributed by atoms with E-state index in [1.807, 2.05) is 18.2 Å². The van der Waals surface area contributed by atoms with Crippen molar-refractivity contribution in [1.82, 2.24) is 10.2 Å². The Bertz CT molecular complexity index is 767. The molecule has 0 fully saturated rings. The van der Waals surface area contributed by atoms with Crippen LogP contribution in [-0.4, -0.2) is 41.8 Å². The summed E-state index contributed by atoms with van der Waals surface area (Å²) in [6, 6.07) is 12.0. The topological polar surface area (TPSA) is 61.8 Å². The van der Waals surface area contributed by atoms with Crippen molar-refractivity contribution in [1.29, 1.82) is 0 Å². The molecule has 1 aliphatic heterocycles. The molecule has 2 aromatic carbocycles. The molecule has 2 amide bonds. The third-order valence-electron chi connectivity index (χ3n) is 4.44. The zero-order valence-electron chi connectivity index (χ0n) is 15.1. The van der Waals surface area contributed by atoms with Crippen LogP contribution in [0, 0.1) is 0 Å². The van der Waals surface area contributed by atoms with Crippen molar-refractivity contribution in [3.8, 4) is 5.75 Å². The Kier molecular flexibility index (Phi) is 4.86. The minimum absolute atomic E-state index is 0.0983. The molecule has 1 heterocycles. The number of urea groups is 1. The highest BCUT2D eigenvalue weighted by Crippen LogP contribution is 2.37. The van der Waals surface area contributed by atoms with Gasteiger partial charge in [0.05, 0.1) is 24.8 Å². The van der Waals surface area contributed by atoms with Crippen molar-refractivity contribution in [2.45, 2.75) is 38.3 Å². The molecule has 134 valence electrons. The zero-order valence-corrected chi connectivity index (χ0v) is 15.1. The van der Waals surface area contributed by atoms with Crippen LogP contribution < -0.4 is 10.1 Å². The van der Waals surface area contributed by atoms with Crippen molar-refractivity contribution >= 4 is 16.8 Å². The minimum Gasteiger partial charge on any atom is -0.493 e. The van der Waals surface area contributed by atoms with Crippen LogP contribution in [0.2, 0.25) is 0 Å². The molecular weight excluding hydrogens is 316 g/mol. The number of amides is 2. The Morgan fingerprint density at radius 2 is 2.08 bits per heavy atom. The van der Waals surface area contributed by atoms with Gasteiger partial charge in [0.2, 0.25) is 0 Å². The first kappa shape index (κ1) is 17.5. The van der Waals surface area contributed by atoms with Gasteiger partial charge in [-0.05, 0) is 32.1 Å². The average Bonchev–Trinajstić information content (AvgIpc) is 2.76. The van der Waals surface area contributed by atoms with Crippen molar-refractivity contribution in [2.75, 3.05) is 20.2 Å². The van der Waals surface area contributed by atoms with Gasteiger partial charge in [-0.2, -0.15) is 0 Å². The summed E-state index contributed by atoms with van der Waals surface area (Å²) < 4.78 is 6.01. The van der Waals surface area contributed by atoms with Crippen LogP contribution >= 0.6 is 0 Å². The van der Waals surface area contributed by atoms with Crippen LogP contribution in [0.1, 0.15) is 38.3 Å². The van der Waals surface area contributed by atoms with Gasteiger partial charge in [-0.25, -0.2) is 4.79 Å². The first-order valence-corrected chi connectivity index (χ1v) is 8.73. The van der Waals surface area contributed by atoms with E-state index in [9.17, 15) is 9.90 Å². The highest BCUT2D eigenvalue weighted by molar-refractivity contribution is 5.90. The number of fused-ring (bicyclic) bond motifs is 3. The summed E-state index contributed by atoms with van der Waals surface area (Å²) in [4.78, 5) is 14.1. The fraction of sp³-hybridized carbons (Fsp3) is 0.450. The lowest BCUT2D eigenvalue weighted by Crippen LogP contribution is -2.45. The lowest BCUT2D eigenvalue weighted by atomic mass is 9.98. The Morgan fingerprint density at radius 3 is 2.84 bits per heavy atom. The quantitative estimate of drug-likeness (QED) is 0.898. The van der Waals surface area contributed by atoms with Gasteiger partial charge >= 0.3 is 6.03 Å². The summed E-state index contributed by atoms with van der Waals surface area (Å²) in [7, 11) is 1.70. The van der Waals surface area contributed by atoms with E-state index < -0.39 is 5.60 Å². The molecule has 0 bridgehead atoms. The van der Waals surface area contributed by atoms with Gasteiger partial charge in [0.15, 0.2) is 0 Å². The fourth-order valence-corrected chi connectivity index (χ4v) is 3.37. The van der Waals surface area contributed by atoms with E-state index in [1.54, 1.807) is 20.9 Å². The van der Waals surface area contributed by atoms with Crippen molar-refractivity contribution in [3.63, 3.8) is 0 Å². The zero-order chi connectivity index (χ0) is 18.0. The molecule has 3 rings (SSSR count). The molecule has 0 saturated heterocycles. The number of likely N-dealkylation sites (N-methyl/N-ethyl adjacent to an activating group) is 1. The van der Waals surface area contributed by atoms with Crippen molar-refractivity contribution in [2.24, 2.45) is 0 Å². The summed E-state index contributed by atoms with van der Waals surface area (Å²) in [6.07, 6.45) is 1.70. The van der Waals surface area contributed by atoms with Gasteiger partial charge in [0.25, 0.3) is 0 Å². The predicted molar refractivity (Wildman–Crippen MR) is 98.9 cm³/mol. The van der Waals surface area contributed by atoms with Crippen LogP contribution in [0.3, 0.4) is 0 Å². The number of aliphatic hydroxyl groups is 1. The maximum absolute atomic E-state index is 12.5. The lowest BCUT2D eigenvalue weighted by molar-refractivity contribution is 0.0527. The molecule has 1 atom stereocenters. The molecule has 2 N–H and O–H groups in total. The SMILES string of the molecule is CN(CC(C)(C)O)C(=O)NC1CCCOc2c1ccc1ccccc21. The number of nitrogens with zero attached hydrogens (tertiary/aromatic N) is 1. The predicted octanol–water partition coefficient (Wildman–Crippen LogP) is 3.47. The van der Waals surface area contributed by atoms with Gasteiger partial charge in [0, 0.05) is 18.0 Å². The highest BCUT2D eigenvalue weighted by atomic mass is 16.5. The van der Waals surface area contributed by atoms with Crippen LogP contribution in [0.4, 0.5) is 4.79 Å². The van der Waals surface area contributed by atoms with Gasteiger partial charge in [-0.15, -0.1) is 0 Å². The van der Waals surface area contributed by atoms with E-state index in [0.29, 0.717) is 6.61 Å². The average molecular weight is 342 g/mol. The Labute approximate surface area is 148 Å². The lowest BCUT2D eigenvalue weighted by Gasteiger charge is -2.28. The highest BCUT2D eigenvalue weighted by Gasteiger charge is 2.26. The molecule has 0 radical (unpaired) electrons. The van der Waals surface area contributed by atoms with Gasteiger partial charge < -0.3 is 20.1 Å². The number of nitrogens with one attached hydrogen (secondary N) is 1. The second-order valence-electron chi connectivity index (χ2n) is 7.37. The molecule has 0 aromatic heterocycles. The molecule has 25 heavy (non-hydrogen) atoms. The van der Waals surface area contributed by atoms with Crippen LogP contribution in [0.25, 0.3) is 10.8 Å². The van der Waals surface area contributed by atoms with Crippen LogP contribution in [0.15, 0.2) is 36.4 Å². The van der Waals surface area contributed by atoms with Crippen molar-refractivity contribution < 1.29 is 14.6 Å². The molecule has 1 unspecified atom stereocenters. The Hall–Kier alpha value is -2.27. The van der Waals surface area contributed by atoms with E-state index in [-0.39, 0.29) is 18.6 Å². The van der Waals surface area contributed by atoms with Crippen molar-refractivity contribution in [3.05, 3.63) is 42.0 Å². The maximum Gasteiger partial charge on any atom is 0.317 e. The molecule has 5 nitrogen and oxygen atoms in total. The largest absolute Gasteiger partial charge is 0.493 e. The number of hydrogen-bond donors (Lipinski definition) is 2. The third-order valence-corrected chi connectivity index (χ3v) is 4.44. The first-order valence-electron chi connectivity index (χ1n) is 8.73. The smallest absolute Gasteiger partial charge is 0.317 e. The molecular formula is C20H26N2O3. The number of carbonyl (C=O) groups excluding carboxylic acids is 1. The summed E-state index contributed by atoms with van der Waals surface area (Å²) in [6.45, 7) is 4.30. The molecule has 0 aliphatic carbocycles. The third kappa shape index (κ3) is 4.04. The normalized spacial score (nSPS) is 17.4. The molecule has 1 aliphatic rings. The standard InChI is InChI=1S/C20H26N2O3/c1-20(2,24)13-22(3)19(23)21-17-9-6-12-25-18-15-8-5-4-7-14(15)10-11-16(17)18/h4-5,7-8,10-11,17,24H,6,9,12-13H2,1-3H3,(H,21,23).